The minimum atomic E-state index is 0.249. The summed E-state index contributed by atoms with van der Waals surface area (Å²) in [6.07, 6.45) is 6.75. The number of hydrogen-bond acceptors (Lipinski definition) is 2. The molecule has 1 aromatic rings. The van der Waals surface area contributed by atoms with Gasteiger partial charge >= 0.3 is 0 Å². The Morgan fingerprint density at radius 2 is 2.00 bits per heavy atom. The van der Waals surface area contributed by atoms with Gasteiger partial charge in [-0.25, -0.2) is 0 Å². The summed E-state index contributed by atoms with van der Waals surface area (Å²) >= 11 is 0. The van der Waals surface area contributed by atoms with Crippen LogP contribution in [0.1, 0.15) is 54.9 Å². The zero-order valence-corrected chi connectivity index (χ0v) is 11.9. The monoisotopic (exact) mass is 259 g/mol. The third-order valence-corrected chi connectivity index (χ3v) is 4.40. The summed E-state index contributed by atoms with van der Waals surface area (Å²) in [7, 11) is 0. The van der Waals surface area contributed by atoms with E-state index in [0.29, 0.717) is 12.3 Å². The van der Waals surface area contributed by atoms with Gasteiger partial charge in [-0.1, -0.05) is 50.5 Å². The van der Waals surface area contributed by atoms with Gasteiger partial charge in [-0.05, 0) is 37.3 Å². The van der Waals surface area contributed by atoms with E-state index in [-0.39, 0.29) is 5.92 Å². The van der Waals surface area contributed by atoms with Crippen LogP contribution in [-0.4, -0.2) is 12.3 Å². The number of carbonyl (C=O) groups is 1. The number of carbonyl (C=O) groups excluding carboxylic acids is 1. The van der Waals surface area contributed by atoms with Crippen LogP contribution in [0.5, 0.6) is 0 Å². The predicted octanol–water partition coefficient (Wildman–Crippen LogP) is 3.59. The predicted molar refractivity (Wildman–Crippen MR) is 79.3 cm³/mol. The van der Waals surface area contributed by atoms with E-state index in [1.807, 2.05) is 24.3 Å². The molecule has 2 unspecified atom stereocenters. The van der Waals surface area contributed by atoms with Gasteiger partial charge in [-0.3, -0.25) is 4.79 Å². The summed E-state index contributed by atoms with van der Waals surface area (Å²) in [5.41, 5.74) is 7.63. The van der Waals surface area contributed by atoms with Gasteiger partial charge in [0, 0.05) is 11.5 Å². The van der Waals surface area contributed by atoms with Crippen LogP contribution in [-0.2, 0) is 6.42 Å². The highest BCUT2D eigenvalue weighted by Gasteiger charge is 2.26. The first kappa shape index (κ1) is 14.3. The summed E-state index contributed by atoms with van der Waals surface area (Å²) in [6.45, 7) is 2.90. The summed E-state index contributed by atoms with van der Waals surface area (Å²) in [5, 5.41) is 0. The van der Waals surface area contributed by atoms with Crippen LogP contribution in [0.25, 0.3) is 0 Å². The molecular formula is C17H25NO. The maximum absolute atomic E-state index is 12.5. The fourth-order valence-corrected chi connectivity index (χ4v) is 3.14. The molecule has 0 amide bonds. The molecule has 2 nitrogen and oxygen atoms in total. The van der Waals surface area contributed by atoms with Crippen LogP contribution in [0, 0.1) is 11.8 Å². The van der Waals surface area contributed by atoms with Crippen molar-refractivity contribution in [2.45, 2.75) is 45.4 Å². The number of Topliss-reactive ketones (excluding diaryl/α,β-unsaturated/α-hetero) is 1. The lowest BCUT2D eigenvalue weighted by molar-refractivity contribution is 0.0862. The Morgan fingerprint density at radius 1 is 1.26 bits per heavy atom. The Kier molecular flexibility index (Phi) is 5.15. The highest BCUT2D eigenvalue weighted by Crippen LogP contribution is 2.32. The minimum Gasteiger partial charge on any atom is -0.330 e. The maximum Gasteiger partial charge on any atom is 0.165 e. The second kappa shape index (κ2) is 6.85. The molecule has 1 aliphatic rings. The molecule has 0 aromatic heterocycles. The number of nitrogens with two attached hydrogens (primary N) is 1. The average Bonchev–Trinajstić information content (AvgIpc) is 2.48. The van der Waals surface area contributed by atoms with Crippen molar-refractivity contribution in [3.63, 3.8) is 0 Å². The third kappa shape index (κ3) is 3.66. The number of benzene rings is 1. The van der Waals surface area contributed by atoms with E-state index in [2.05, 4.69) is 6.92 Å². The molecular weight excluding hydrogens is 234 g/mol. The molecule has 19 heavy (non-hydrogen) atoms. The van der Waals surface area contributed by atoms with Gasteiger partial charge in [-0.2, -0.15) is 0 Å². The van der Waals surface area contributed by atoms with Gasteiger partial charge in [0.1, 0.15) is 0 Å². The van der Waals surface area contributed by atoms with Crippen molar-refractivity contribution < 1.29 is 4.79 Å². The average molecular weight is 259 g/mol. The second-order valence-electron chi connectivity index (χ2n) is 5.74. The molecule has 1 aliphatic carbocycles. The maximum atomic E-state index is 12.5. The van der Waals surface area contributed by atoms with Crippen LogP contribution in [0.15, 0.2) is 24.3 Å². The van der Waals surface area contributed by atoms with Gasteiger partial charge in [0.15, 0.2) is 5.78 Å². The molecule has 0 bridgehead atoms. The van der Waals surface area contributed by atoms with Crippen molar-refractivity contribution in [3.05, 3.63) is 35.4 Å². The molecule has 1 saturated carbocycles. The van der Waals surface area contributed by atoms with Crippen molar-refractivity contribution >= 4 is 5.78 Å². The zero-order valence-electron chi connectivity index (χ0n) is 11.9. The van der Waals surface area contributed by atoms with Crippen molar-refractivity contribution in [2.24, 2.45) is 17.6 Å². The molecule has 0 heterocycles. The van der Waals surface area contributed by atoms with Gasteiger partial charge in [-0.15, -0.1) is 0 Å². The van der Waals surface area contributed by atoms with E-state index in [9.17, 15) is 4.79 Å². The molecule has 1 fully saturated rings. The molecule has 104 valence electrons. The van der Waals surface area contributed by atoms with E-state index >= 15 is 0 Å². The lowest BCUT2D eigenvalue weighted by Crippen LogP contribution is -2.22. The molecule has 0 saturated heterocycles. The number of rotatable bonds is 5. The van der Waals surface area contributed by atoms with Crippen LogP contribution >= 0.6 is 0 Å². The smallest absolute Gasteiger partial charge is 0.165 e. The van der Waals surface area contributed by atoms with Crippen LogP contribution in [0.4, 0.5) is 0 Å². The van der Waals surface area contributed by atoms with Crippen molar-refractivity contribution in [1.82, 2.24) is 0 Å². The topological polar surface area (TPSA) is 43.1 Å². The van der Waals surface area contributed by atoms with Gasteiger partial charge in [0.05, 0.1) is 0 Å². The normalized spacial score (nSPS) is 23.3. The first-order valence-electron chi connectivity index (χ1n) is 7.57. The number of ketones is 1. The van der Waals surface area contributed by atoms with Crippen LogP contribution < -0.4 is 5.73 Å². The fraction of sp³-hybridized carbons (Fsp3) is 0.588. The largest absolute Gasteiger partial charge is 0.330 e. The molecule has 2 heteroatoms. The molecule has 0 spiro atoms. The lowest BCUT2D eigenvalue weighted by Gasteiger charge is -2.27. The van der Waals surface area contributed by atoms with E-state index in [1.165, 1.54) is 24.8 Å². The Bertz CT molecular complexity index is 410. The Balaban J connectivity index is 2.02. The molecule has 0 radical (unpaired) electrons. The summed E-state index contributed by atoms with van der Waals surface area (Å²) in [6, 6.07) is 8.03. The van der Waals surface area contributed by atoms with Crippen LogP contribution in [0.3, 0.4) is 0 Å². The highest BCUT2D eigenvalue weighted by atomic mass is 16.1. The Morgan fingerprint density at radius 3 is 2.63 bits per heavy atom. The fourth-order valence-electron chi connectivity index (χ4n) is 3.14. The first-order valence-corrected chi connectivity index (χ1v) is 7.57. The van der Waals surface area contributed by atoms with Gasteiger partial charge in [0.25, 0.3) is 0 Å². The second-order valence-corrected chi connectivity index (χ2v) is 5.74. The van der Waals surface area contributed by atoms with Crippen molar-refractivity contribution in [3.8, 4) is 0 Å². The molecule has 2 rings (SSSR count). The van der Waals surface area contributed by atoms with E-state index in [0.717, 1.165) is 30.7 Å². The van der Waals surface area contributed by atoms with E-state index in [1.54, 1.807) is 0 Å². The standard InChI is InChI=1S/C17H25NO/c1-2-13-4-3-5-16(12-13)17(19)15-8-6-14(7-9-15)10-11-18/h6-9,13,16H,2-5,10-12,18H2,1H3. The third-order valence-electron chi connectivity index (χ3n) is 4.40. The van der Waals surface area contributed by atoms with Crippen molar-refractivity contribution in [1.29, 1.82) is 0 Å². The zero-order chi connectivity index (χ0) is 13.7. The molecule has 2 N–H and O–H groups in total. The van der Waals surface area contributed by atoms with E-state index < -0.39 is 0 Å². The van der Waals surface area contributed by atoms with Crippen molar-refractivity contribution in [2.75, 3.05) is 6.54 Å². The SMILES string of the molecule is CCC1CCCC(C(=O)c2ccc(CCN)cc2)C1. The summed E-state index contributed by atoms with van der Waals surface area (Å²) < 4.78 is 0. The highest BCUT2D eigenvalue weighted by molar-refractivity contribution is 5.97. The van der Waals surface area contributed by atoms with Crippen LogP contribution in [0.2, 0.25) is 0 Å². The number of hydrogen-bond donors (Lipinski definition) is 1. The first-order chi connectivity index (χ1) is 9.24. The lowest BCUT2D eigenvalue weighted by atomic mass is 9.77. The molecule has 2 atom stereocenters. The minimum absolute atomic E-state index is 0.249. The van der Waals surface area contributed by atoms with Gasteiger partial charge < -0.3 is 5.73 Å². The Labute approximate surface area is 116 Å². The van der Waals surface area contributed by atoms with E-state index in [4.69, 9.17) is 5.73 Å². The van der Waals surface area contributed by atoms with Gasteiger partial charge in [0.2, 0.25) is 0 Å². The Hall–Kier alpha value is -1.15. The molecule has 0 aliphatic heterocycles. The summed E-state index contributed by atoms with van der Waals surface area (Å²) in [4.78, 5) is 12.5. The molecule has 1 aromatic carbocycles. The summed E-state index contributed by atoms with van der Waals surface area (Å²) in [5.74, 6) is 1.34. The quantitative estimate of drug-likeness (QED) is 0.821.